The summed E-state index contributed by atoms with van der Waals surface area (Å²) in [4.78, 5) is 0. The maximum atomic E-state index is 9.69. The van der Waals surface area contributed by atoms with Gasteiger partial charge in [0, 0.05) is 13.0 Å². The standard InChI is InChI=1S/C12H18O3/c1-15-12-7-3-2-5-10(12)9-11(14)6-4-8-13/h2-3,5,7,11,13-14H,4,6,8-9H2,1H3. The lowest BCUT2D eigenvalue weighted by atomic mass is 10.0. The molecule has 15 heavy (non-hydrogen) atoms. The molecule has 1 aromatic carbocycles. The number of aliphatic hydroxyl groups excluding tert-OH is 2. The van der Waals surface area contributed by atoms with E-state index in [9.17, 15) is 5.11 Å². The largest absolute Gasteiger partial charge is 0.496 e. The Morgan fingerprint density at radius 2 is 2.07 bits per heavy atom. The van der Waals surface area contributed by atoms with Crippen LogP contribution in [-0.2, 0) is 6.42 Å². The molecule has 3 nitrogen and oxygen atoms in total. The van der Waals surface area contributed by atoms with Crippen LogP contribution in [0.5, 0.6) is 5.75 Å². The van der Waals surface area contributed by atoms with Crippen molar-refractivity contribution < 1.29 is 14.9 Å². The summed E-state index contributed by atoms with van der Waals surface area (Å²) in [5, 5.41) is 18.3. The zero-order chi connectivity index (χ0) is 11.1. The van der Waals surface area contributed by atoms with Gasteiger partial charge in [0.2, 0.25) is 0 Å². The Morgan fingerprint density at radius 1 is 1.33 bits per heavy atom. The second-order valence-electron chi connectivity index (χ2n) is 3.54. The summed E-state index contributed by atoms with van der Waals surface area (Å²) in [5.41, 5.74) is 1.01. The average molecular weight is 210 g/mol. The maximum absolute atomic E-state index is 9.69. The Hall–Kier alpha value is -1.06. The van der Waals surface area contributed by atoms with Gasteiger partial charge in [-0.05, 0) is 24.5 Å². The van der Waals surface area contributed by atoms with E-state index in [1.54, 1.807) is 7.11 Å². The van der Waals surface area contributed by atoms with Gasteiger partial charge in [-0.2, -0.15) is 0 Å². The van der Waals surface area contributed by atoms with Crippen LogP contribution in [0.15, 0.2) is 24.3 Å². The van der Waals surface area contributed by atoms with Gasteiger partial charge in [-0.15, -0.1) is 0 Å². The van der Waals surface area contributed by atoms with Crippen molar-refractivity contribution in [3.05, 3.63) is 29.8 Å². The van der Waals surface area contributed by atoms with E-state index in [2.05, 4.69) is 0 Å². The van der Waals surface area contributed by atoms with Crippen molar-refractivity contribution in [3.63, 3.8) is 0 Å². The fraction of sp³-hybridized carbons (Fsp3) is 0.500. The van der Waals surface area contributed by atoms with Gasteiger partial charge >= 0.3 is 0 Å². The number of rotatable bonds is 6. The number of para-hydroxylation sites is 1. The van der Waals surface area contributed by atoms with Crippen molar-refractivity contribution >= 4 is 0 Å². The average Bonchev–Trinajstić information content (AvgIpc) is 2.27. The van der Waals surface area contributed by atoms with Gasteiger partial charge in [0.05, 0.1) is 13.2 Å². The maximum Gasteiger partial charge on any atom is 0.122 e. The summed E-state index contributed by atoms with van der Waals surface area (Å²) in [7, 11) is 1.62. The number of ether oxygens (including phenoxy) is 1. The minimum absolute atomic E-state index is 0.128. The van der Waals surface area contributed by atoms with E-state index in [0.717, 1.165) is 11.3 Å². The first-order chi connectivity index (χ1) is 7.27. The first-order valence-electron chi connectivity index (χ1n) is 5.18. The van der Waals surface area contributed by atoms with Gasteiger partial charge in [-0.3, -0.25) is 0 Å². The van der Waals surface area contributed by atoms with Crippen molar-refractivity contribution in [1.82, 2.24) is 0 Å². The monoisotopic (exact) mass is 210 g/mol. The lowest BCUT2D eigenvalue weighted by Crippen LogP contribution is -2.11. The summed E-state index contributed by atoms with van der Waals surface area (Å²) in [5.74, 6) is 0.806. The lowest BCUT2D eigenvalue weighted by molar-refractivity contribution is 0.149. The second-order valence-corrected chi connectivity index (χ2v) is 3.54. The van der Waals surface area contributed by atoms with Crippen molar-refractivity contribution in [2.75, 3.05) is 13.7 Å². The molecule has 3 heteroatoms. The van der Waals surface area contributed by atoms with E-state index >= 15 is 0 Å². The fourth-order valence-electron chi connectivity index (χ4n) is 1.55. The third kappa shape index (κ3) is 3.90. The van der Waals surface area contributed by atoms with Crippen LogP contribution >= 0.6 is 0 Å². The molecule has 0 saturated carbocycles. The highest BCUT2D eigenvalue weighted by Gasteiger charge is 2.08. The van der Waals surface area contributed by atoms with Gasteiger partial charge in [0.25, 0.3) is 0 Å². The molecule has 1 unspecified atom stereocenters. The van der Waals surface area contributed by atoms with Crippen LogP contribution in [0.2, 0.25) is 0 Å². The number of aliphatic hydroxyl groups is 2. The van der Waals surface area contributed by atoms with Gasteiger partial charge in [-0.1, -0.05) is 18.2 Å². The Bertz CT molecular complexity index is 286. The third-order valence-corrected chi connectivity index (χ3v) is 2.34. The van der Waals surface area contributed by atoms with Crippen LogP contribution < -0.4 is 4.74 Å². The molecular formula is C12H18O3. The molecule has 0 aliphatic rings. The molecular weight excluding hydrogens is 192 g/mol. The van der Waals surface area contributed by atoms with Gasteiger partial charge in [0.15, 0.2) is 0 Å². The van der Waals surface area contributed by atoms with E-state index in [4.69, 9.17) is 9.84 Å². The molecule has 0 aliphatic heterocycles. The van der Waals surface area contributed by atoms with E-state index in [0.29, 0.717) is 19.3 Å². The van der Waals surface area contributed by atoms with Crippen LogP contribution in [-0.4, -0.2) is 30.0 Å². The molecule has 0 amide bonds. The smallest absolute Gasteiger partial charge is 0.122 e. The van der Waals surface area contributed by atoms with Crippen LogP contribution in [0, 0.1) is 0 Å². The van der Waals surface area contributed by atoms with Crippen LogP contribution in [0.25, 0.3) is 0 Å². The van der Waals surface area contributed by atoms with E-state index < -0.39 is 6.10 Å². The molecule has 0 radical (unpaired) electrons. The Labute approximate surface area is 90.3 Å². The predicted octanol–water partition coefficient (Wildman–Crippen LogP) is 1.37. The molecule has 0 saturated heterocycles. The molecule has 0 heterocycles. The number of methoxy groups -OCH3 is 1. The second kappa shape index (κ2) is 6.43. The summed E-state index contributed by atoms with van der Waals surface area (Å²) < 4.78 is 5.19. The molecule has 1 aromatic rings. The quantitative estimate of drug-likeness (QED) is 0.745. The van der Waals surface area contributed by atoms with Crippen LogP contribution in [0.4, 0.5) is 0 Å². The lowest BCUT2D eigenvalue weighted by Gasteiger charge is -2.12. The van der Waals surface area contributed by atoms with Crippen LogP contribution in [0.1, 0.15) is 18.4 Å². The SMILES string of the molecule is COc1ccccc1CC(O)CCCO. The first kappa shape index (κ1) is 12.0. The number of benzene rings is 1. The zero-order valence-electron chi connectivity index (χ0n) is 9.02. The summed E-state index contributed by atoms with van der Waals surface area (Å²) >= 11 is 0. The van der Waals surface area contributed by atoms with Gasteiger partial charge in [-0.25, -0.2) is 0 Å². The molecule has 1 rings (SSSR count). The number of hydrogen-bond donors (Lipinski definition) is 2. The molecule has 1 atom stereocenters. The third-order valence-electron chi connectivity index (χ3n) is 2.34. The normalized spacial score (nSPS) is 12.5. The minimum atomic E-state index is -0.409. The zero-order valence-corrected chi connectivity index (χ0v) is 9.02. The van der Waals surface area contributed by atoms with Crippen molar-refractivity contribution in [3.8, 4) is 5.75 Å². The Morgan fingerprint density at radius 3 is 2.73 bits per heavy atom. The molecule has 0 fully saturated rings. The highest BCUT2D eigenvalue weighted by atomic mass is 16.5. The summed E-state index contributed by atoms with van der Waals surface area (Å²) in [6, 6.07) is 7.66. The van der Waals surface area contributed by atoms with E-state index in [1.165, 1.54) is 0 Å². The topological polar surface area (TPSA) is 49.7 Å². The van der Waals surface area contributed by atoms with E-state index in [-0.39, 0.29) is 6.61 Å². The molecule has 0 spiro atoms. The molecule has 0 aromatic heterocycles. The Balaban J connectivity index is 2.55. The van der Waals surface area contributed by atoms with Gasteiger partial charge < -0.3 is 14.9 Å². The highest BCUT2D eigenvalue weighted by molar-refractivity contribution is 5.33. The molecule has 2 N–H and O–H groups in total. The van der Waals surface area contributed by atoms with Crippen LogP contribution in [0.3, 0.4) is 0 Å². The van der Waals surface area contributed by atoms with Crippen molar-refractivity contribution in [2.24, 2.45) is 0 Å². The molecule has 0 aliphatic carbocycles. The highest BCUT2D eigenvalue weighted by Crippen LogP contribution is 2.19. The Kier molecular flexibility index (Phi) is 5.15. The minimum Gasteiger partial charge on any atom is -0.496 e. The van der Waals surface area contributed by atoms with E-state index in [1.807, 2.05) is 24.3 Å². The predicted molar refractivity (Wildman–Crippen MR) is 59.0 cm³/mol. The molecule has 0 bridgehead atoms. The van der Waals surface area contributed by atoms with Gasteiger partial charge in [0.1, 0.15) is 5.75 Å². The fourth-order valence-corrected chi connectivity index (χ4v) is 1.55. The molecule has 84 valence electrons. The first-order valence-corrected chi connectivity index (χ1v) is 5.18. The van der Waals surface area contributed by atoms with Crippen molar-refractivity contribution in [1.29, 1.82) is 0 Å². The van der Waals surface area contributed by atoms with Crippen molar-refractivity contribution in [2.45, 2.75) is 25.4 Å². The summed E-state index contributed by atoms with van der Waals surface area (Å²) in [6.45, 7) is 0.128. The summed E-state index contributed by atoms with van der Waals surface area (Å²) in [6.07, 6.45) is 1.42. The number of hydrogen-bond acceptors (Lipinski definition) is 3.